The molecule has 9 atom stereocenters. The highest BCUT2D eigenvalue weighted by molar-refractivity contribution is 8.17. The van der Waals surface area contributed by atoms with Crippen LogP contribution < -0.4 is 0 Å². The van der Waals surface area contributed by atoms with E-state index in [0.29, 0.717) is 30.0 Å². The Morgan fingerprint density at radius 3 is 2.24 bits per heavy atom. The Hall–Kier alpha value is -0.460. The fourth-order valence-electron chi connectivity index (χ4n) is 12.4. The van der Waals surface area contributed by atoms with Gasteiger partial charge in [0.1, 0.15) is 6.10 Å². The molecule has 5 aliphatic carbocycles. The molecule has 0 spiro atoms. The molecule has 0 radical (unpaired) electrons. The van der Waals surface area contributed by atoms with Crippen LogP contribution in [-0.4, -0.2) is 45.2 Å². The Morgan fingerprint density at radius 1 is 0.905 bits per heavy atom. The highest BCUT2D eigenvalue weighted by Gasteiger charge is 2.71. The van der Waals surface area contributed by atoms with Gasteiger partial charge < -0.3 is 9.84 Å². The molecule has 1 aliphatic heterocycles. The molecule has 1 N–H and O–H groups in total. The lowest BCUT2D eigenvalue weighted by Crippen LogP contribution is -2.66. The molecule has 6 aliphatic rings. The normalized spacial score (nSPS) is 46.0. The first kappa shape index (κ1) is 31.5. The van der Waals surface area contributed by atoms with E-state index in [2.05, 4.69) is 48.5 Å². The molecule has 0 aromatic heterocycles. The first-order valence-corrected chi connectivity index (χ1v) is 19.1. The largest absolute Gasteiger partial charge is 0.462 e. The summed E-state index contributed by atoms with van der Waals surface area (Å²) in [6.07, 6.45) is 10.1. The average Bonchev–Trinajstić information content (AvgIpc) is 3.24. The molecule has 1 heterocycles. The van der Waals surface area contributed by atoms with Crippen molar-refractivity contribution in [2.24, 2.45) is 50.7 Å². The number of hydrogen-bond donors (Lipinski definition) is 1. The van der Waals surface area contributed by atoms with Gasteiger partial charge in [0.2, 0.25) is 0 Å². The Morgan fingerprint density at radius 2 is 1.60 bits per heavy atom. The van der Waals surface area contributed by atoms with E-state index >= 15 is 0 Å². The van der Waals surface area contributed by atoms with E-state index in [4.69, 9.17) is 4.74 Å². The van der Waals surface area contributed by atoms with E-state index in [1.54, 1.807) is 6.92 Å². The lowest BCUT2D eigenvalue weighted by atomic mass is 9.33. The number of thioether (sulfide) groups is 2. The van der Waals surface area contributed by atoms with Gasteiger partial charge in [0, 0.05) is 24.2 Å². The SMILES string of the molecule is CC(=O)O[C@H]1CC[C@@]2(C)[C@@H](CCC3(C)[C@@H]2CCC2C4=C(C(C)C)C(=O)CC4(C(O)C4SCCCS4)CC[C@]23C)C1(C)C. The Balaban J connectivity index is 1.39. The van der Waals surface area contributed by atoms with Crippen molar-refractivity contribution in [3.8, 4) is 0 Å². The minimum atomic E-state index is -0.455. The number of carbonyl (C=O) groups is 2. The van der Waals surface area contributed by atoms with E-state index in [1.165, 1.54) is 31.3 Å². The van der Waals surface area contributed by atoms with Crippen LogP contribution in [0.2, 0.25) is 0 Å². The van der Waals surface area contributed by atoms with Crippen molar-refractivity contribution in [1.82, 2.24) is 0 Å². The molecular formula is C36H56O4S2. The number of aliphatic hydroxyl groups is 1. The Labute approximate surface area is 263 Å². The monoisotopic (exact) mass is 616 g/mol. The average molecular weight is 617 g/mol. The number of carbonyl (C=O) groups excluding carboxylic acids is 2. The summed E-state index contributed by atoms with van der Waals surface area (Å²) in [6, 6.07) is 0. The zero-order valence-corrected chi connectivity index (χ0v) is 29.1. The van der Waals surface area contributed by atoms with Gasteiger partial charge in [0.15, 0.2) is 5.78 Å². The second-order valence-electron chi connectivity index (χ2n) is 16.7. The number of esters is 1. The van der Waals surface area contributed by atoms with Crippen LogP contribution in [0.25, 0.3) is 0 Å². The molecule has 42 heavy (non-hydrogen) atoms. The first-order chi connectivity index (χ1) is 19.6. The van der Waals surface area contributed by atoms with Crippen LogP contribution in [-0.2, 0) is 14.3 Å². The van der Waals surface area contributed by atoms with Gasteiger partial charge in [-0.2, -0.15) is 0 Å². The van der Waals surface area contributed by atoms with Crippen LogP contribution in [0.15, 0.2) is 11.1 Å². The third-order valence-electron chi connectivity index (χ3n) is 14.4. The first-order valence-electron chi connectivity index (χ1n) is 17.0. The molecular weight excluding hydrogens is 561 g/mol. The number of rotatable bonds is 4. The summed E-state index contributed by atoms with van der Waals surface area (Å²) in [5.41, 5.74) is 2.57. The predicted octanol–water partition coefficient (Wildman–Crippen LogP) is 8.46. The van der Waals surface area contributed by atoms with Gasteiger partial charge in [0.05, 0.1) is 10.7 Å². The van der Waals surface area contributed by atoms with Crippen LogP contribution in [0.1, 0.15) is 120 Å². The summed E-state index contributed by atoms with van der Waals surface area (Å²) in [6.45, 7) is 18.5. The van der Waals surface area contributed by atoms with E-state index in [-0.39, 0.29) is 49.6 Å². The van der Waals surface area contributed by atoms with Gasteiger partial charge in [-0.05, 0) is 115 Å². The zero-order valence-electron chi connectivity index (χ0n) is 27.5. The summed E-state index contributed by atoms with van der Waals surface area (Å²) in [5.74, 6) is 4.12. The lowest BCUT2D eigenvalue weighted by molar-refractivity contribution is -0.234. The molecule has 236 valence electrons. The summed E-state index contributed by atoms with van der Waals surface area (Å²) in [7, 11) is 0. The Bertz CT molecular complexity index is 1160. The number of aliphatic hydroxyl groups excluding tert-OH is 1. The molecule has 1 saturated heterocycles. The number of ether oxygens (including phenoxy) is 1. The highest BCUT2D eigenvalue weighted by atomic mass is 32.2. The highest BCUT2D eigenvalue weighted by Crippen LogP contribution is 2.77. The quantitative estimate of drug-likeness (QED) is 0.320. The van der Waals surface area contributed by atoms with Gasteiger partial charge in [0.25, 0.3) is 0 Å². The number of ketones is 1. The van der Waals surface area contributed by atoms with Gasteiger partial charge in [-0.25, -0.2) is 0 Å². The molecule has 6 heteroatoms. The van der Waals surface area contributed by atoms with Gasteiger partial charge in [-0.1, -0.05) is 54.0 Å². The number of allylic oxidation sites excluding steroid dienone is 1. The molecule has 0 aromatic rings. The molecule has 0 amide bonds. The van der Waals surface area contributed by atoms with E-state index < -0.39 is 6.10 Å². The van der Waals surface area contributed by atoms with Crippen molar-refractivity contribution in [2.45, 2.75) is 136 Å². The van der Waals surface area contributed by atoms with Crippen molar-refractivity contribution in [3.63, 3.8) is 0 Å². The standard InChI is InChI=1S/C36H56O4S2/c1-21(2)28-24(38)20-36(30(39)31-41-18-9-19-42-31)17-16-34(7)23(29(28)36)10-11-26-33(6)14-13-27(40-22(3)37)32(4,5)25(33)12-15-35(26,34)8/h21,23,25-27,30-31,39H,9-20H2,1-8H3/t23?,25-,26+,27-,30?,33-,34+,35?,36?/m0/s1. The zero-order chi connectivity index (χ0) is 30.5. The number of Topliss-reactive ketones (excluding diaryl/α,β-unsaturated/α-hetero) is 1. The van der Waals surface area contributed by atoms with Crippen molar-refractivity contribution in [1.29, 1.82) is 0 Å². The van der Waals surface area contributed by atoms with Crippen LogP contribution in [0.4, 0.5) is 0 Å². The maximum Gasteiger partial charge on any atom is 0.302 e. The fraction of sp³-hybridized carbons (Fsp3) is 0.889. The maximum absolute atomic E-state index is 13.9. The maximum atomic E-state index is 13.9. The summed E-state index contributed by atoms with van der Waals surface area (Å²) < 4.78 is 6.11. The summed E-state index contributed by atoms with van der Waals surface area (Å²) in [5, 5.41) is 12.2. The Kier molecular flexibility index (Phi) is 7.91. The molecule has 6 rings (SSSR count). The van der Waals surface area contributed by atoms with Gasteiger partial charge >= 0.3 is 5.97 Å². The van der Waals surface area contributed by atoms with E-state index in [1.807, 2.05) is 23.5 Å². The molecule has 4 unspecified atom stereocenters. The van der Waals surface area contributed by atoms with E-state index in [0.717, 1.165) is 49.2 Å². The lowest BCUT2D eigenvalue weighted by Gasteiger charge is -2.72. The van der Waals surface area contributed by atoms with Gasteiger partial charge in [-0.3, -0.25) is 9.59 Å². The van der Waals surface area contributed by atoms with Crippen LogP contribution in [0.3, 0.4) is 0 Å². The van der Waals surface area contributed by atoms with Crippen LogP contribution in [0.5, 0.6) is 0 Å². The molecule has 5 fully saturated rings. The van der Waals surface area contributed by atoms with E-state index in [9.17, 15) is 14.7 Å². The van der Waals surface area contributed by atoms with Crippen molar-refractivity contribution < 1.29 is 19.4 Å². The van der Waals surface area contributed by atoms with Crippen molar-refractivity contribution in [3.05, 3.63) is 11.1 Å². The van der Waals surface area contributed by atoms with Gasteiger partial charge in [-0.15, -0.1) is 23.5 Å². The summed E-state index contributed by atoms with van der Waals surface area (Å²) >= 11 is 3.86. The van der Waals surface area contributed by atoms with Crippen LogP contribution in [0, 0.1) is 50.7 Å². The predicted molar refractivity (Wildman–Crippen MR) is 174 cm³/mol. The second-order valence-corrected chi connectivity index (χ2v) is 19.5. The summed E-state index contributed by atoms with van der Waals surface area (Å²) in [4.78, 5) is 25.9. The fourth-order valence-corrected chi connectivity index (χ4v) is 15.5. The topological polar surface area (TPSA) is 63.6 Å². The second kappa shape index (κ2) is 10.5. The minimum absolute atomic E-state index is 0.0000693. The third-order valence-corrected chi connectivity index (χ3v) is 17.4. The van der Waals surface area contributed by atoms with Crippen LogP contribution >= 0.6 is 23.5 Å². The molecule has 4 nitrogen and oxygen atoms in total. The molecule has 0 aromatic carbocycles. The minimum Gasteiger partial charge on any atom is -0.462 e. The number of fused-ring (bicyclic) bond motifs is 7. The molecule has 0 bridgehead atoms. The number of hydrogen-bond acceptors (Lipinski definition) is 6. The van der Waals surface area contributed by atoms with Crippen molar-refractivity contribution >= 4 is 35.3 Å². The smallest absolute Gasteiger partial charge is 0.302 e. The molecule has 4 saturated carbocycles. The van der Waals surface area contributed by atoms with Crippen molar-refractivity contribution in [2.75, 3.05) is 11.5 Å². The third kappa shape index (κ3) is 4.25.